The number of hydrogen-bond acceptors (Lipinski definition) is 3. The van der Waals surface area contributed by atoms with Crippen LogP contribution >= 0.6 is 0 Å². The van der Waals surface area contributed by atoms with Crippen LogP contribution in [0.25, 0.3) is 0 Å². The van der Waals surface area contributed by atoms with E-state index in [0.29, 0.717) is 5.92 Å². The fraction of sp³-hybridized carbons (Fsp3) is 0.588. The SMILES string of the molecule is CC1CNCC1C(=O)Nc1ccccc1CN1CCCC1. The first-order valence-electron chi connectivity index (χ1n) is 8.06. The van der Waals surface area contributed by atoms with Crippen molar-refractivity contribution in [2.24, 2.45) is 11.8 Å². The highest BCUT2D eigenvalue weighted by Gasteiger charge is 2.29. The molecule has 0 bridgehead atoms. The summed E-state index contributed by atoms with van der Waals surface area (Å²) in [6.45, 7) is 7.15. The van der Waals surface area contributed by atoms with Crippen LogP contribution in [-0.4, -0.2) is 37.0 Å². The number of amides is 1. The van der Waals surface area contributed by atoms with Crippen LogP contribution in [-0.2, 0) is 11.3 Å². The molecule has 1 amide bonds. The Labute approximate surface area is 126 Å². The molecule has 0 saturated carbocycles. The zero-order chi connectivity index (χ0) is 14.7. The fourth-order valence-electron chi connectivity index (χ4n) is 3.35. The Kier molecular flexibility index (Phi) is 4.56. The minimum absolute atomic E-state index is 0.0878. The Hall–Kier alpha value is -1.39. The van der Waals surface area contributed by atoms with Gasteiger partial charge in [-0.2, -0.15) is 0 Å². The molecule has 0 aromatic heterocycles. The predicted octanol–water partition coefficient (Wildman–Crippen LogP) is 2.08. The number of para-hydroxylation sites is 1. The molecule has 2 fully saturated rings. The van der Waals surface area contributed by atoms with Gasteiger partial charge >= 0.3 is 0 Å². The Balaban J connectivity index is 1.68. The number of benzene rings is 1. The summed E-state index contributed by atoms with van der Waals surface area (Å²) in [6, 6.07) is 8.21. The van der Waals surface area contributed by atoms with Gasteiger partial charge in [0.05, 0.1) is 5.92 Å². The molecule has 1 aromatic carbocycles. The number of carbonyl (C=O) groups is 1. The van der Waals surface area contributed by atoms with Crippen LogP contribution in [0, 0.1) is 11.8 Å². The van der Waals surface area contributed by atoms with Crippen molar-refractivity contribution in [3.8, 4) is 0 Å². The van der Waals surface area contributed by atoms with Gasteiger partial charge < -0.3 is 10.6 Å². The van der Waals surface area contributed by atoms with E-state index < -0.39 is 0 Å². The lowest BCUT2D eigenvalue weighted by molar-refractivity contribution is -0.120. The van der Waals surface area contributed by atoms with Crippen LogP contribution < -0.4 is 10.6 Å². The quantitative estimate of drug-likeness (QED) is 0.891. The van der Waals surface area contributed by atoms with Gasteiger partial charge in [0.2, 0.25) is 5.91 Å². The van der Waals surface area contributed by atoms with Gasteiger partial charge in [-0.05, 0) is 50.0 Å². The third-order valence-electron chi connectivity index (χ3n) is 4.72. The zero-order valence-electron chi connectivity index (χ0n) is 12.8. The second-order valence-corrected chi connectivity index (χ2v) is 6.37. The molecule has 2 atom stereocenters. The molecule has 1 aromatic rings. The van der Waals surface area contributed by atoms with Crippen LogP contribution in [0.4, 0.5) is 5.69 Å². The molecule has 2 aliphatic heterocycles. The van der Waals surface area contributed by atoms with Gasteiger partial charge in [-0.15, -0.1) is 0 Å². The Morgan fingerprint density at radius 1 is 1.29 bits per heavy atom. The number of nitrogens with zero attached hydrogens (tertiary/aromatic N) is 1. The summed E-state index contributed by atoms with van der Waals surface area (Å²) < 4.78 is 0. The second kappa shape index (κ2) is 6.58. The van der Waals surface area contributed by atoms with Crippen molar-refractivity contribution in [3.63, 3.8) is 0 Å². The monoisotopic (exact) mass is 287 g/mol. The number of carbonyl (C=O) groups excluding carboxylic acids is 1. The first kappa shape index (κ1) is 14.5. The molecule has 4 nitrogen and oxygen atoms in total. The maximum Gasteiger partial charge on any atom is 0.229 e. The summed E-state index contributed by atoms with van der Waals surface area (Å²) in [5.41, 5.74) is 2.21. The summed E-state index contributed by atoms with van der Waals surface area (Å²) in [5, 5.41) is 6.44. The van der Waals surface area contributed by atoms with E-state index in [4.69, 9.17) is 0 Å². The summed E-state index contributed by atoms with van der Waals surface area (Å²) in [7, 11) is 0. The van der Waals surface area contributed by atoms with Gasteiger partial charge in [0, 0.05) is 18.8 Å². The molecule has 114 valence electrons. The first-order valence-corrected chi connectivity index (χ1v) is 8.06. The summed E-state index contributed by atoms with van der Waals surface area (Å²) in [6.07, 6.45) is 2.58. The molecule has 0 spiro atoms. The lowest BCUT2D eigenvalue weighted by Crippen LogP contribution is -2.28. The number of hydrogen-bond donors (Lipinski definition) is 2. The van der Waals surface area contributed by atoms with E-state index in [2.05, 4.69) is 34.6 Å². The number of nitrogens with one attached hydrogen (secondary N) is 2. The van der Waals surface area contributed by atoms with Crippen molar-refractivity contribution >= 4 is 11.6 Å². The average Bonchev–Trinajstić information content (AvgIpc) is 3.12. The van der Waals surface area contributed by atoms with Crippen molar-refractivity contribution in [2.45, 2.75) is 26.3 Å². The molecule has 2 saturated heterocycles. The fourth-order valence-corrected chi connectivity index (χ4v) is 3.35. The molecule has 2 aliphatic rings. The van der Waals surface area contributed by atoms with E-state index in [1.807, 2.05) is 12.1 Å². The van der Waals surface area contributed by atoms with Crippen molar-refractivity contribution in [2.75, 3.05) is 31.5 Å². The molecule has 2 heterocycles. The molecule has 21 heavy (non-hydrogen) atoms. The average molecular weight is 287 g/mol. The third-order valence-corrected chi connectivity index (χ3v) is 4.72. The van der Waals surface area contributed by atoms with Gasteiger partial charge in [-0.3, -0.25) is 9.69 Å². The minimum atomic E-state index is 0.0878. The Morgan fingerprint density at radius 3 is 2.76 bits per heavy atom. The standard InChI is InChI=1S/C17H25N3O/c1-13-10-18-11-15(13)17(21)19-16-7-3-2-6-14(16)12-20-8-4-5-9-20/h2-3,6-7,13,15,18H,4-5,8-12H2,1H3,(H,19,21). The highest BCUT2D eigenvalue weighted by Crippen LogP contribution is 2.23. The Morgan fingerprint density at radius 2 is 2.05 bits per heavy atom. The molecule has 4 heteroatoms. The minimum Gasteiger partial charge on any atom is -0.325 e. The van der Waals surface area contributed by atoms with Crippen LogP contribution in [0.5, 0.6) is 0 Å². The second-order valence-electron chi connectivity index (χ2n) is 6.37. The maximum absolute atomic E-state index is 12.4. The van der Waals surface area contributed by atoms with Crippen LogP contribution in [0.2, 0.25) is 0 Å². The van der Waals surface area contributed by atoms with Crippen molar-refractivity contribution in [1.29, 1.82) is 0 Å². The topological polar surface area (TPSA) is 44.4 Å². The molecule has 0 radical (unpaired) electrons. The van der Waals surface area contributed by atoms with E-state index >= 15 is 0 Å². The van der Waals surface area contributed by atoms with Gasteiger partial charge in [0.15, 0.2) is 0 Å². The molecular weight excluding hydrogens is 262 g/mol. The molecule has 2 N–H and O–H groups in total. The lowest BCUT2D eigenvalue weighted by Gasteiger charge is -2.19. The zero-order valence-corrected chi connectivity index (χ0v) is 12.8. The normalized spacial score (nSPS) is 26.1. The summed E-state index contributed by atoms with van der Waals surface area (Å²) >= 11 is 0. The van der Waals surface area contributed by atoms with Gasteiger partial charge in [0.25, 0.3) is 0 Å². The van der Waals surface area contributed by atoms with Crippen molar-refractivity contribution < 1.29 is 4.79 Å². The van der Waals surface area contributed by atoms with Crippen molar-refractivity contribution in [3.05, 3.63) is 29.8 Å². The van der Waals surface area contributed by atoms with Crippen LogP contribution in [0.1, 0.15) is 25.3 Å². The molecule has 0 aliphatic carbocycles. The highest BCUT2D eigenvalue weighted by atomic mass is 16.1. The number of likely N-dealkylation sites (tertiary alicyclic amines) is 1. The predicted molar refractivity (Wildman–Crippen MR) is 85.1 cm³/mol. The molecule has 3 rings (SSSR count). The molecular formula is C17H25N3O. The maximum atomic E-state index is 12.4. The van der Waals surface area contributed by atoms with Crippen molar-refractivity contribution in [1.82, 2.24) is 10.2 Å². The summed E-state index contributed by atoms with van der Waals surface area (Å²) in [4.78, 5) is 14.9. The number of anilines is 1. The van der Waals surface area contributed by atoms with Crippen LogP contribution in [0.15, 0.2) is 24.3 Å². The van der Waals surface area contributed by atoms with Crippen LogP contribution in [0.3, 0.4) is 0 Å². The van der Waals surface area contributed by atoms with E-state index in [-0.39, 0.29) is 11.8 Å². The highest BCUT2D eigenvalue weighted by molar-refractivity contribution is 5.93. The molecule has 2 unspecified atom stereocenters. The smallest absolute Gasteiger partial charge is 0.229 e. The van der Waals surface area contributed by atoms with E-state index in [9.17, 15) is 4.79 Å². The van der Waals surface area contributed by atoms with Gasteiger partial charge in [-0.1, -0.05) is 25.1 Å². The van der Waals surface area contributed by atoms with Gasteiger partial charge in [-0.25, -0.2) is 0 Å². The third kappa shape index (κ3) is 3.44. The van der Waals surface area contributed by atoms with E-state index in [1.165, 1.54) is 31.5 Å². The first-order chi connectivity index (χ1) is 10.2. The van der Waals surface area contributed by atoms with E-state index in [1.54, 1.807) is 0 Å². The Bertz CT molecular complexity index is 497. The van der Waals surface area contributed by atoms with Gasteiger partial charge in [0.1, 0.15) is 0 Å². The largest absolute Gasteiger partial charge is 0.325 e. The van der Waals surface area contributed by atoms with E-state index in [0.717, 1.165) is 25.3 Å². The lowest BCUT2D eigenvalue weighted by atomic mass is 9.97. The summed E-state index contributed by atoms with van der Waals surface area (Å²) in [5.74, 6) is 0.655. The number of rotatable bonds is 4.